The molecule has 1 aliphatic carbocycles. The lowest BCUT2D eigenvalue weighted by molar-refractivity contribution is -0.132. The van der Waals surface area contributed by atoms with Crippen LogP contribution in [0, 0.1) is 5.41 Å². The third-order valence-electron chi connectivity index (χ3n) is 4.35. The zero-order valence-corrected chi connectivity index (χ0v) is 13.8. The minimum Gasteiger partial charge on any atom is -0.352 e. The Morgan fingerprint density at radius 2 is 1.90 bits per heavy atom. The monoisotopic (exact) mass is 337 g/mol. The van der Waals surface area contributed by atoms with E-state index < -0.39 is 0 Å². The van der Waals surface area contributed by atoms with Gasteiger partial charge in [0.2, 0.25) is 5.91 Å². The van der Waals surface area contributed by atoms with Crippen molar-refractivity contribution in [3.63, 3.8) is 0 Å². The zero-order chi connectivity index (χ0) is 14.4. The largest absolute Gasteiger partial charge is 0.352 e. The first-order chi connectivity index (χ1) is 9.64. The molecule has 0 heterocycles. The number of nitrogens with one attached hydrogen (secondary N) is 1. The van der Waals surface area contributed by atoms with Crippen molar-refractivity contribution in [1.82, 2.24) is 5.32 Å². The maximum absolute atomic E-state index is 12.5. The molecule has 1 N–H and O–H groups in total. The van der Waals surface area contributed by atoms with Crippen molar-refractivity contribution >= 4 is 21.8 Å². The van der Waals surface area contributed by atoms with Gasteiger partial charge in [0.05, 0.1) is 0 Å². The molecular formula is C17H24BrNO. The molecule has 0 saturated heterocycles. The standard InChI is InChI=1S/C17H24BrNO/c1-17(10-6-3-7-11-17)16(20)19-15(13-18)12-14-8-4-2-5-9-14/h2,4-5,8-9,15H,3,6-7,10-13H2,1H3,(H,19,20). The summed E-state index contributed by atoms with van der Waals surface area (Å²) in [6.07, 6.45) is 6.57. The van der Waals surface area contributed by atoms with E-state index in [0.29, 0.717) is 0 Å². The first-order valence-corrected chi connectivity index (χ1v) is 8.67. The maximum Gasteiger partial charge on any atom is 0.226 e. The van der Waals surface area contributed by atoms with Crippen LogP contribution in [-0.2, 0) is 11.2 Å². The van der Waals surface area contributed by atoms with Gasteiger partial charge in [-0.15, -0.1) is 0 Å². The van der Waals surface area contributed by atoms with E-state index in [2.05, 4.69) is 40.3 Å². The van der Waals surface area contributed by atoms with Gasteiger partial charge in [-0.25, -0.2) is 0 Å². The smallest absolute Gasteiger partial charge is 0.226 e. The summed E-state index contributed by atoms with van der Waals surface area (Å²) >= 11 is 3.53. The molecule has 1 fully saturated rings. The predicted octanol–water partition coefficient (Wildman–Crippen LogP) is 4.08. The Morgan fingerprint density at radius 3 is 2.50 bits per heavy atom. The molecule has 2 nitrogen and oxygen atoms in total. The fourth-order valence-corrected chi connectivity index (χ4v) is 3.35. The number of benzene rings is 1. The van der Waals surface area contributed by atoms with Crippen molar-refractivity contribution in [2.75, 3.05) is 5.33 Å². The molecule has 1 aromatic rings. The highest BCUT2D eigenvalue weighted by Gasteiger charge is 2.35. The fraction of sp³-hybridized carbons (Fsp3) is 0.588. The summed E-state index contributed by atoms with van der Waals surface area (Å²) in [5.74, 6) is 0.234. The first kappa shape index (κ1) is 15.6. The predicted molar refractivity (Wildman–Crippen MR) is 87.1 cm³/mol. The van der Waals surface area contributed by atoms with Crippen LogP contribution in [0.15, 0.2) is 30.3 Å². The topological polar surface area (TPSA) is 29.1 Å². The SMILES string of the molecule is CC1(C(=O)NC(CBr)Cc2ccccc2)CCCCC1. The highest BCUT2D eigenvalue weighted by molar-refractivity contribution is 9.09. The van der Waals surface area contributed by atoms with E-state index in [1.165, 1.54) is 24.8 Å². The normalized spacial score (nSPS) is 19.3. The number of hydrogen-bond donors (Lipinski definition) is 1. The number of alkyl halides is 1. The molecule has 0 radical (unpaired) electrons. The molecule has 1 atom stereocenters. The lowest BCUT2D eigenvalue weighted by Crippen LogP contribution is -2.46. The van der Waals surface area contributed by atoms with Gasteiger partial charge in [0.25, 0.3) is 0 Å². The Bertz CT molecular complexity index is 426. The molecule has 1 amide bonds. The summed E-state index contributed by atoms with van der Waals surface area (Å²) in [5, 5.41) is 4.03. The van der Waals surface area contributed by atoms with Crippen molar-refractivity contribution in [3.8, 4) is 0 Å². The van der Waals surface area contributed by atoms with Gasteiger partial charge in [-0.1, -0.05) is 72.4 Å². The Labute approximate surface area is 130 Å². The van der Waals surface area contributed by atoms with Gasteiger partial charge < -0.3 is 5.32 Å². The van der Waals surface area contributed by atoms with E-state index in [1.54, 1.807) is 0 Å². The van der Waals surface area contributed by atoms with Gasteiger partial charge in [0.15, 0.2) is 0 Å². The van der Waals surface area contributed by atoms with E-state index >= 15 is 0 Å². The summed E-state index contributed by atoms with van der Waals surface area (Å²) in [6.45, 7) is 2.12. The number of amides is 1. The van der Waals surface area contributed by atoms with Crippen molar-refractivity contribution in [1.29, 1.82) is 0 Å². The van der Waals surface area contributed by atoms with Crippen LogP contribution in [0.25, 0.3) is 0 Å². The van der Waals surface area contributed by atoms with Gasteiger partial charge in [-0.2, -0.15) is 0 Å². The summed E-state index contributed by atoms with van der Waals surface area (Å²) in [7, 11) is 0. The van der Waals surface area contributed by atoms with Crippen LogP contribution in [-0.4, -0.2) is 17.3 Å². The lowest BCUT2D eigenvalue weighted by atomic mass is 9.75. The van der Waals surface area contributed by atoms with Crippen molar-refractivity contribution < 1.29 is 4.79 Å². The third-order valence-corrected chi connectivity index (χ3v) is 5.13. The minimum atomic E-state index is -0.157. The van der Waals surface area contributed by atoms with Crippen LogP contribution >= 0.6 is 15.9 Å². The Balaban J connectivity index is 1.94. The van der Waals surface area contributed by atoms with Crippen molar-refractivity contribution in [3.05, 3.63) is 35.9 Å². The second kappa shape index (κ2) is 7.26. The summed E-state index contributed by atoms with van der Waals surface area (Å²) < 4.78 is 0. The Morgan fingerprint density at radius 1 is 1.25 bits per heavy atom. The van der Waals surface area contributed by atoms with Gasteiger partial charge in [-0.3, -0.25) is 4.79 Å². The van der Waals surface area contributed by atoms with Crippen LogP contribution in [0.3, 0.4) is 0 Å². The highest BCUT2D eigenvalue weighted by atomic mass is 79.9. The van der Waals surface area contributed by atoms with Crippen LogP contribution in [0.2, 0.25) is 0 Å². The van der Waals surface area contributed by atoms with Gasteiger partial charge in [0.1, 0.15) is 0 Å². The quantitative estimate of drug-likeness (QED) is 0.806. The van der Waals surface area contributed by atoms with E-state index in [1.807, 2.05) is 18.2 Å². The fourth-order valence-electron chi connectivity index (χ4n) is 2.96. The van der Waals surface area contributed by atoms with Crippen molar-refractivity contribution in [2.45, 2.75) is 51.5 Å². The van der Waals surface area contributed by atoms with E-state index in [4.69, 9.17) is 0 Å². The molecule has 1 unspecified atom stereocenters. The molecule has 110 valence electrons. The number of carbonyl (C=O) groups is 1. The van der Waals surface area contributed by atoms with Crippen molar-refractivity contribution in [2.24, 2.45) is 5.41 Å². The van der Waals surface area contributed by atoms with Crippen LogP contribution in [0.5, 0.6) is 0 Å². The Kier molecular flexibility index (Phi) is 5.64. The molecular weight excluding hydrogens is 314 g/mol. The number of rotatable bonds is 5. The van der Waals surface area contributed by atoms with E-state index in [9.17, 15) is 4.79 Å². The molecule has 1 aliphatic rings. The molecule has 3 heteroatoms. The zero-order valence-electron chi connectivity index (χ0n) is 12.2. The highest BCUT2D eigenvalue weighted by Crippen LogP contribution is 2.36. The number of carbonyl (C=O) groups excluding carboxylic acids is 1. The number of halogens is 1. The molecule has 20 heavy (non-hydrogen) atoms. The van der Waals surface area contributed by atoms with Gasteiger partial charge in [0, 0.05) is 16.8 Å². The molecule has 0 aromatic heterocycles. The summed E-state index contributed by atoms with van der Waals surface area (Å²) in [5.41, 5.74) is 1.11. The van der Waals surface area contributed by atoms with E-state index in [0.717, 1.165) is 24.6 Å². The minimum absolute atomic E-state index is 0.157. The van der Waals surface area contributed by atoms with Crippen LogP contribution in [0.1, 0.15) is 44.6 Å². The molecule has 1 saturated carbocycles. The van der Waals surface area contributed by atoms with Gasteiger partial charge >= 0.3 is 0 Å². The summed E-state index contributed by atoms with van der Waals surface area (Å²) in [4.78, 5) is 12.5. The Hall–Kier alpha value is -0.830. The van der Waals surface area contributed by atoms with Crippen LogP contribution < -0.4 is 5.32 Å². The lowest BCUT2D eigenvalue weighted by Gasteiger charge is -2.33. The second-order valence-electron chi connectivity index (χ2n) is 6.14. The van der Waals surface area contributed by atoms with Crippen LogP contribution in [0.4, 0.5) is 0 Å². The molecule has 0 bridgehead atoms. The molecule has 0 aliphatic heterocycles. The van der Waals surface area contributed by atoms with Gasteiger partial charge in [-0.05, 0) is 24.8 Å². The average Bonchev–Trinajstić information content (AvgIpc) is 2.48. The molecule has 1 aromatic carbocycles. The first-order valence-electron chi connectivity index (χ1n) is 7.55. The third kappa shape index (κ3) is 4.08. The number of hydrogen-bond acceptors (Lipinski definition) is 1. The second-order valence-corrected chi connectivity index (χ2v) is 6.78. The maximum atomic E-state index is 12.5. The molecule has 2 rings (SSSR count). The summed E-state index contributed by atoms with van der Waals surface area (Å²) in [6, 6.07) is 10.5. The van der Waals surface area contributed by atoms with E-state index in [-0.39, 0.29) is 17.4 Å². The molecule has 0 spiro atoms. The average molecular weight is 338 g/mol.